The van der Waals surface area contributed by atoms with E-state index in [2.05, 4.69) is 39.8 Å². The van der Waals surface area contributed by atoms with Gasteiger partial charge >= 0.3 is 0 Å². The molecule has 1 aliphatic rings. The zero-order chi connectivity index (χ0) is 18.7. The van der Waals surface area contributed by atoms with Crippen molar-refractivity contribution in [1.29, 1.82) is 0 Å². The number of aromatic nitrogens is 4. The van der Waals surface area contributed by atoms with Crippen molar-refractivity contribution in [2.45, 2.75) is 52.6 Å². The molecule has 2 N–H and O–H groups in total. The number of nitrogens with zero attached hydrogens (tertiary/aromatic N) is 4. The predicted molar refractivity (Wildman–Crippen MR) is 114 cm³/mol. The van der Waals surface area contributed by atoms with Crippen molar-refractivity contribution in [1.82, 2.24) is 30.6 Å². The van der Waals surface area contributed by atoms with Gasteiger partial charge in [-0.1, -0.05) is 25.1 Å². The van der Waals surface area contributed by atoms with Gasteiger partial charge in [0.25, 0.3) is 5.91 Å². The molecule has 0 aliphatic carbocycles. The first-order valence-electron chi connectivity index (χ1n) is 9.34. The van der Waals surface area contributed by atoms with Gasteiger partial charge < -0.3 is 10.6 Å². The van der Waals surface area contributed by atoms with E-state index in [0.717, 1.165) is 42.9 Å². The Bertz CT molecular complexity index is 774. The van der Waals surface area contributed by atoms with Crippen LogP contribution in [0.5, 0.6) is 0 Å². The topological polar surface area (TPSA) is 84.7 Å². The summed E-state index contributed by atoms with van der Waals surface area (Å²) < 4.78 is 1.91. The first-order chi connectivity index (χ1) is 12.5. The van der Waals surface area contributed by atoms with Crippen molar-refractivity contribution in [3.05, 3.63) is 41.0 Å². The van der Waals surface area contributed by atoms with E-state index in [0.29, 0.717) is 11.7 Å². The minimum absolute atomic E-state index is 0. The Labute approximate surface area is 178 Å². The number of carbonyl (C=O) groups is 1. The molecule has 1 unspecified atom stereocenters. The maximum absolute atomic E-state index is 12.9. The molecule has 9 heteroatoms. The van der Waals surface area contributed by atoms with E-state index in [1.165, 1.54) is 0 Å². The Balaban J connectivity index is 0.00000196. The van der Waals surface area contributed by atoms with Gasteiger partial charge in [-0.2, -0.15) is 0 Å². The third-order valence-corrected chi connectivity index (χ3v) is 5.09. The van der Waals surface area contributed by atoms with E-state index in [-0.39, 0.29) is 42.7 Å². The molecule has 2 aromatic heterocycles. The Kier molecular flexibility index (Phi) is 9.33. The van der Waals surface area contributed by atoms with E-state index in [4.69, 9.17) is 0 Å². The molecule has 1 atom stereocenters. The number of carbonyl (C=O) groups excluding carboxylic acids is 1. The van der Waals surface area contributed by atoms with Crippen LogP contribution in [-0.2, 0) is 0 Å². The molecule has 3 heterocycles. The molecular weight excluding hydrogens is 399 g/mol. The van der Waals surface area contributed by atoms with Crippen LogP contribution >= 0.6 is 24.8 Å². The van der Waals surface area contributed by atoms with Gasteiger partial charge in [-0.3, -0.25) is 9.78 Å². The zero-order valence-corrected chi connectivity index (χ0v) is 18.4. The van der Waals surface area contributed by atoms with Crippen LogP contribution in [0.3, 0.4) is 0 Å². The molecule has 1 aliphatic heterocycles. The first-order valence-corrected chi connectivity index (χ1v) is 9.34. The van der Waals surface area contributed by atoms with Gasteiger partial charge in [0.05, 0.1) is 23.5 Å². The number of nitrogens with one attached hydrogen (secondary N) is 2. The summed E-state index contributed by atoms with van der Waals surface area (Å²) in [5.74, 6) is 0.0266. The number of hydrogen-bond acceptors (Lipinski definition) is 5. The van der Waals surface area contributed by atoms with Crippen molar-refractivity contribution in [3.8, 4) is 0 Å². The number of aryl methyl sites for hydroxylation is 1. The highest BCUT2D eigenvalue weighted by Gasteiger charge is 2.26. The molecule has 0 saturated carbocycles. The molecule has 3 rings (SSSR count). The lowest BCUT2D eigenvalue weighted by atomic mass is 9.97. The lowest BCUT2D eigenvalue weighted by Gasteiger charge is -2.24. The molecular formula is C19H30Cl2N6O. The average Bonchev–Trinajstić information content (AvgIpc) is 3.02. The van der Waals surface area contributed by atoms with Gasteiger partial charge in [0.15, 0.2) is 5.69 Å². The van der Waals surface area contributed by atoms with Crippen molar-refractivity contribution in [2.75, 3.05) is 13.1 Å². The SMILES string of the molecule is Cc1cccnc1C(NC(=O)c1nnn(C2CCNCC2)c1C)C(C)C.Cl.Cl. The lowest BCUT2D eigenvalue weighted by Crippen LogP contribution is -2.33. The zero-order valence-electron chi connectivity index (χ0n) is 16.8. The van der Waals surface area contributed by atoms with Crippen LogP contribution in [0, 0.1) is 19.8 Å². The molecule has 1 amide bonds. The van der Waals surface area contributed by atoms with E-state index in [9.17, 15) is 4.79 Å². The van der Waals surface area contributed by atoms with Crippen LogP contribution in [0.25, 0.3) is 0 Å². The molecule has 1 saturated heterocycles. The number of halogens is 2. The molecule has 0 bridgehead atoms. The number of rotatable bonds is 5. The molecule has 2 aromatic rings. The highest BCUT2D eigenvalue weighted by molar-refractivity contribution is 5.93. The third-order valence-electron chi connectivity index (χ3n) is 5.09. The fourth-order valence-corrected chi connectivity index (χ4v) is 3.53. The van der Waals surface area contributed by atoms with E-state index in [1.807, 2.05) is 30.7 Å². The molecule has 0 spiro atoms. The summed E-state index contributed by atoms with van der Waals surface area (Å²) in [6.45, 7) is 10.0. The quantitative estimate of drug-likeness (QED) is 0.763. The van der Waals surface area contributed by atoms with Crippen LogP contribution in [0.4, 0.5) is 0 Å². The number of piperidine rings is 1. The molecule has 28 heavy (non-hydrogen) atoms. The lowest BCUT2D eigenvalue weighted by molar-refractivity contribution is 0.0918. The molecule has 156 valence electrons. The first kappa shape index (κ1) is 24.3. The van der Waals surface area contributed by atoms with Crippen LogP contribution in [0.1, 0.15) is 66.2 Å². The highest BCUT2D eigenvalue weighted by atomic mass is 35.5. The smallest absolute Gasteiger partial charge is 0.274 e. The van der Waals surface area contributed by atoms with Gasteiger partial charge in [-0.05, 0) is 57.3 Å². The standard InChI is InChI=1S/C19H28N6O.2ClH/c1-12(2)16(17-13(3)6-5-9-21-17)22-19(26)18-14(4)25(24-23-18)15-7-10-20-11-8-15;;/h5-6,9,12,15-16,20H,7-8,10-11H2,1-4H3,(H,22,26);2*1H. The second kappa shape index (κ2) is 10.7. The van der Waals surface area contributed by atoms with Gasteiger partial charge in [0.2, 0.25) is 0 Å². The fraction of sp³-hybridized carbons (Fsp3) is 0.579. The van der Waals surface area contributed by atoms with Crippen LogP contribution in [0.2, 0.25) is 0 Å². The minimum atomic E-state index is -0.188. The van der Waals surface area contributed by atoms with Gasteiger partial charge in [0, 0.05) is 6.20 Å². The second-order valence-electron chi connectivity index (χ2n) is 7.35. The van der Waals surface area contributed by atoms with Crippen LogP contribution in [0.15, 0.2) is 18.3 Å². The molecule has 0 radical (unpaired) electrons. The molecule has 7 nitrogen and oxygen atoms in total. The highest BCUT2D eigenvalue weighted by Crippen LogP contribution is 2.24. The summed E-state index contributed by atoms with van der Waals surface area (Å²) in [7, 11) is 0. The van der Waals surface area contributed by atoms with Gasteiger partial charge in [-0.25, -0.2) is 4.68 Å². The Hall–Kier alpha value is -1.70. The number of hydrogen-bond donors (Lipinski definition) is 2. The summed E-state index contributed by atoms with van der Waals surface area (Å²) in [5, 5.41) is 14.9. The second-order valence-corrected chi connectivity index (χ2v) is 7.35. The van der Waals surface area contributed by atoms with Crippen molar-refractivity contribution in [3.63, 3.8) is 0 Å². The number of amides is 1. The Morgan fingerprint density at radius 1 is 1.25 bits per heavy atom. The summed E-state index contributed by atoms with van der Waals surface area (Å²) >= 11 is 0. The Morgan fingerprint density at radius 2 is 1.93 bits per heavy atom. The maximum Gasteiger partial charge on any atom is 0.274 e. The predicted octanol–water partition coefficient (Wildman–Crippen LogP) is 3.19. The largest absolute Gasteiger partial charge is 0.342 e. The van der Waals surface area contributed by atoms with E-state index in [1.54, 1.807) is 6.20 Å². The van der Waals surface area contributed by atoms with Crippen molar-refractivity contribution >= 4 is 30.7 Å². The van der Waals surface area contributed by atoms with Crippen LogP contribution in [-0.4, -0.2) is 39.0 Å². The summed E-state index contributed by atoms with van der Waals surface area (Å²) in [6, 6.07) is 4.08. The fourth-order valence-electron chi connectivity index (χ4n) is 3.53. The van der Waals surface area contributed by atoms with E-state index < -0.39 is 0 Å². The van der Waals surface area contributed by atoms with Crippen LogP contribution < -0.4 is 10.6 Å². The molecule has 0 aromatic carbocycles. The van der Waals surface area contributed by atoms with Gasteiger partial charge in [0.1, 0.15) is 0 Å². The number of pyridine rings is 1. The summed E-state index contributed by atoms with van der Waals surface area (Å²) in [6.07, 6.45) is 3.78. The minimum Gasteiger partial charge on any atom is -0.342 e. The molecule has 1 fully saturated rings. The normalized spacial score (nSPS) is 15.5. The van der Waals surface area contributed by atoms with Crippen molar-refractivity contribution < 1.29 is 4.79 Å². The van der Waals surface area contributed by atoms with Crippen molar-refractivity contribution in [2.24, 2.45) is 5.92 Å². The third kappa shape index (κ3) is 5.21. The monoisotopic (exact) mass is 428 g/mol. The Morgan fingerprint density at radius 3 is 2.54 bits per heavy atom. The van der Waals surface area contributed by atoms with E-state index >= 15 is 0 Å². The summed E-state index contributed by atoms with van der Waals surface area (Å²) in [4.78, 5) is 17.4. The van der Waals surface area contributed by atoms with Gasteiger partial charge in [-0.15, -0.1) is 29.9 Å². The average molecular weight is 429 g/mol. The summed E-state index contributed by atoms with van der Waals surface area (Å²) in [5.41, 5.74) is 3.21. The maximum atomic E-state index is 12.9.